The number of hydrogen-bond acceptors (Lipinski definition) is 3. The van der Waals surface area contributed by atoms with Crippen LogP contribution >= 0.6 is 15.9 Å². The molecule has 0 spiro atoms. The molecule has 0 saturated heterocycles. The summed E-state index contributed by atoms with van der Waals surface area (Å²) in [7, 11) is 2.02. The summed E-state index contributed by atoms with van der Waals surface area (Å²) >= 11 is 3.58. The van der Waals surface area contributed by atoms with Gasteiger partial charge >= 0.3 is 0 Å². The highest BCUT2D eigenvalue weighted by Gasteiger charge is 2.24. The standard InChI is InChI=1S/C14H20BrN3/c1-3-13(17)14(18(2)10-6-9-16)11-7-4-5-8-12(11)15/h4-5,7-8,13-14H,3,6,10,17H2,1-2H3. The third-order valence-electron chi connectivity index (χ3n) is 3.15. The largest absolute Gasteiger partial charge is 0.326 e. The van der Waals surface area contributed by atoms with E-state index in [9.17, 15) is 0 Å². The first-order valence-electron chi connectivity index (χ1n) is 6.19. The molecule has 0 heterocycles. The van der Waals surface area contributed by atoms with E-state index in [0.717, 1.165) is 17.4 Å². The van der Waals surface area contributed by atoms with E-state index in [1.807, 2.05) is 25.2 Å². The van der Waals surface area contributed by atoms with Gasteiger partial charge < -0.3 is 5.73 Å². The van der Waals surface area contributed by atoms with Crippen LogP contribution in [0.15, 0.2) is 28.7 Å². The molecule has 3 nitrogen and oxygen atoms in total. The van der Waals surface area contributed by atoms with Crippen LogP contribution in [0.5, 0.6) is 0 Å². The van der Waals surface area contributed by atoms with Gasteiger partial charge in [-0.2, -0.15) is 5.26 Å². The molecule has 0 aliphatic carbocycles. The molecule has 98 valence electrons. The van der Waals surface area contributed by atoms with E-state index >= 15 is 0 Å². The summed E-state index contributed by atoms with van der Waals surface area (Å²) in [6.45, 7) is 2.82. The Morgan fingerprint density at radius 2 is 2.11 bits per heavy atom. The van der Waals surface area contributed by atoms with E-state index in [1.54, 1.807) is 0 Å². The van der Waals surface area contributed by atoms with Gasteiger partial charge in [0, 0.05) is 23.5 Å². The maximum absolute atomic E-state index is 8.70. The Kier molecular flexibility index (Phi) is 6.34. The molecule has 2 atom stereocenters. The quantitative estimate of drug-likeness (QED) is 0.878. The molecule has 4 heteroatoms. The van der Waals surface area contributed by atoms with Crippen LogP contribution in [0.1, 0.15) is 31.4 Å². The van der Waals surface area contributed by atoms with Gasteiger partial charge in [0.15, 0.2) is 0 Å². The van der Waals surface area contributed by atoms with Crippen LogP contribution in [0.4, 0.5) is 0 Å². The van der Waals surface area contributed by atoms with Gasteiger partial charge in [-0.1, -0.05) is 41.1 Å². The second-order valence-electron chi connectivity index (χ2n) is 4.43. The van der Waals surface area contributed by atoms with Gasteiger partial charge in [0.05, 0.1) is 12.1 Å². The maximum Gasteiger partial charge on any atom is 0.0635 e. The molecule has 0 amide bonds. The molecule has 2 unspecified atom stereocenters. The van der Waals surface area contributed by atoms with E-state index in [2.05, 4.69) is 39.9 Å². The normalized spacial score (nSPS) is 14.2. The maximum atomic E-state index is 8.70. The van der Waals surface area contributed by atoms with Crippen LogP contribution < -0.4 is 5.73 Å². The van der Waals surface area contributed by atoms with Crippen molar-refractivity contribution in [2.24, 2.45) is 5.73 Å². The van der Waals surface area contributed by atoms with Crippen LogP contribution in [0.2, 0.25) is 0 Å². The van der Waals surface area contributed by atoms with Gasteiger partial charge in [0.1, 0.15) is 0 Å². The number of nitrogens with zero attached hydrogens (tertiary/aromatic N) is 2. The van der Waals surface area contributed by atoms with Crippen molar-refractivity contribution in [3.05, 3.63) is 34.3 Å². The first kappa shape index (κ1) is 15.2. The Balaban J connectivity index is 2.99. The van der Waals surface area contributed by atoms with E-state index in [-0.39, 0.29) is 12.1 Å². The molecule has 0 aromatic heterocycles. The Morgan fingerprint density at radius 1 is 1.44 bits per heavy atom. The summed E-state index contributed by atoms with van der Waals surface area (Å²) in [6.07, 6.45) is 1.43. The fourth-order valence-electron chi connectivity index (χ4n) is 2.10. The molecule has 0 fully saturated rings. The summed E-state index contributed by atoms with van der Waals surface area (Å²) in [6, 6.07) is 10.5. The van der Waals surface area contributed by atoms with Gasteiger partial charge in [0.25, 0.3) is 0 Å². The SMILES string of the molecule is CCC(N)C(c1ccccc1Br)N(C)CCC#N. The lowest BCUT2D eigenvalue weighted by atomic mass is 9.96. The van der Waals surface area contributed by atoms with Crippen molar-refractivity contribution in [2.75, 3.05) is 13.6 Å². The number of benzene rings is 1. The van der Waals surface area contributed by atoms with E-state index in [1.165, 1.54) is 5.56 Å². The summed E-state index contributed by atoms with van der Waals surface area (Å²) in [5.74, 6) is 0. The third-order valence-corrected chi connectivity index (χ3v) is 3.87. The number of hydrogen-bond donors (Lipinski definition) is 1. The predicted octanol–water partition coefficient (Wildman–Crippen LogP) is 3.07. The third kappa shape index (κ3) is 3.81. The van der Waals surface area contributed by atoms with Crippen molar-refractivity contribution in [3.8, 4) is 6.07 Å². The van der Waals surface area contributed by atoms with Crippen molar-refractivity contribution in [2.45, 2.75) is 31.8 Å². The zero-order chi connectivity index (χ0) is 13.5. The molecule has 2 N–H and O–H groups in total. The molecule has 0 aliphatic heterocycles. The van der Waals surface area contributed by atoms with Gasteiger partial charge in [-0.05, 0) is 25.1 Å². The lowest BCUT2D eigenvalue weighted by Crippen LogP contribution is -2.39. The first-order chi connectivity index (χ1) is 8.61. The van der Waals surface area contributed by atoms with Crippen LogP contribution in [0, 0.1) is 11.3 Å². The molecule has 1 rings (SSSR count). The number of likely N-dealkylation sites (N-methyl/N-ethyl adjacent to an activating group) is 1. The molecule has 0 bridgehead atoms. The number of nitrogens with two attached hydrogens (primary N) is 1. The zero-order valence-corrected chi connectivity index (χ0v) is 12.5. The molecular weight excluding hydrogens is 290 g/mol. The number of nitriles is 1. The molecule has 1 aromatic rings. The van der Waals surface area contributed by atoms with E-state index < -0.39 is 0 Å². The fraction of sp³-hybridized carbons (Fsp3) is 0.500. The minimum atomic E-state index is 0.0624. The van der Waals surface area contributed by atoms with Gasteiger partial charge in [0.2, 0.25) is 0 Å². The minimum absolute atomic E-state index is 0.0624. The average molecular weight is 310 g/mol. The molecule has 1 aromatic carbocycles. The number of rotatable bonds is 6. The van der Waals surface area contributed by atoms with Crippen molar-refractivity contribution in [1.82, 2.24) is 4.90 Å². The molecule has 0 radical (unpaired) electrons. The van der Waals surface area contributed by atoms with Crippen LogP contribution in [0.25, 0.3) is 0 Å². The monoisotopic (exact) mass is 309 g/mol. The van der Waals surface area contributed by atoms with E-state index in [4.69, 9.17) is 11.0 Å². The highest BCUT2D eigenvalue weighted by atomic mass is 79.9. The van der Waals surface area contributed by atoms with Gasteiger partial charge in [-0.15, -0.1) is 0 Å². The van der Waals surface area contributed by atoms with Crippen molar-refractivity contribution in [3.63, 3.8) is 0 Å². The summed E-state index contributed by atoms with van der Waals surface area (Å²) in [4.78, 5) is 2.16. The van der Waals surface area contributed by atoms with Crippen LogP contribution in [-0.4, -0.2) is 24.5 Å². The van der Waals surface area contributed by atoms with Gasteiger partial charge in [-0.25, -0.2) is 0 Å². The Hall–Kier alpha value is -0.890. The summed E-state index contributed by atoms with van der Waals surface area (Å²) in [5, 5.41) is 8.70. The second kappa shape index (κ2) is 7.52. The van der Waals surface area contributed by atoms with Crippen molar-refractivity contribution in [1.29, 1.82) is 5.26 Å². The zero-order valence-electron chi connectivity index (χ0n) is 10.9. The second-order valence-corrected chi connectivity index (χ2v) is 5.28. The molecule has 0 saturated carbocycles. The predicted molar refractivity (Wildman–Crippen MR) is 78.0 cm³/mol. The Bertz CT molecular complexity index is 414. The van der Waals surface area contributed by atoms with E-state index in [0.29, 0.717) is 6.42 Å². The van der Waals surface area contributed by atoms with Gasteiger partial charge in [-0.3, -0.25) is 4.90 Å². The number of halogens is 1. The van der Waals surface area contributed by atoms with Crippen LogP contribution in [0.3, 0.4) is 0 Å². The topological polar surface area (TPSA) is 53.0 Å². The van der Waals surface area contributed by atoms with Crippen molar-refractivity contribution < 1.29 is 0 Å². The lowest BCUT2D eigenvalue weighted by Gasteiger charge is -2.33. The highest BCUT2D eigenvalue weighted by molar-refractivity contribution is 9.10. The lowest BCUT2D eigenvalue weighted by molar-refractivity contribution is 0.213. The Morgan fingerprint density at radius 3 is 2.67 bits per heavy atom. The smallest absolute Gasteiger partial charge is 0.0635 e. The fourth-order valence-corrected chi connectivity index (χ4v) is 2.62. The Labute approximate surface area is 118 Å². The summed E-state index contributed by atoms with van der Waals surface area (Å²) < 4.78 is 1.07. The molecule has 18 heavy (non-hydrogen) atoms. The average Bonchev–Trinajstić information content (AvgIpc) is 2.38. The molecular formula is C14H20BrN3. The molecule has 0 aliphatic rings. The minimum Gasteiger partial charge on any atom is -0.326 e. The highest BCUT2D eigenvalue weighted by Crippen LogP contribution is 2.30. The van der Waals surface area contributed by atoms with Crippen LogP contribution in [-0.2, 0) is 0 Å². The first-order valence-corrected chi connectivity index (χ1v) is 6.98. The summed E-state index contributed by atoms with van der Waals surface area (Å²) in [5.41, 5.74) is 7.43. The van der Waals surface area contributed by atoms with Crippen molar-refractivity contribution >= 4 is 15.9 Å².